The number of rotatable bonds is 3. The summed E-state index contributed by atoms with van der Waals surface area (Å²) < 4.78 is 18.3. The Bertz CT molecular complexity index is 565. The van der Waals surface area contributed by atoms with Crippen LogP contribution in [-0.2, 0) is 0 Å². The highest BCUT2D eigenvalue weighted by Gasteiger charge is 2.17. The van der Waals surface area contributed by atoms with E-state index in [-0.39, 0.29) is 16.9 Å². The zero-order valence-electron chi connectivity index (χ0n) is 10.5. The molecule has 0 aliphatic carbocycles. The topological polar surface area (TPSA) is 9.23 Å². The molecule has 96 valence electrons. The molecule has 0 N–H and O–H groups in total. The van der Waals surface area contributed by atoms with Crippen LogP contribution in [0.15, 0.2) is 24.3 Å². The highest BCUT2D eigenvalue weighted by atomic mass is 35.5. The van der Waals surface area contributed by atoms with Crippen LogP contribution in [0, 0.1) is 19.7 Å². The van der Waals surface area contributed by atoms with Gasteiger partial charge in [0.1, 0.15) is 0 Å². The van der Waals surface area contributed by atoms with E-state index >= 15 is 0 Å². The zero-order chi connectivity index (χ0) is 13.3. The van der Waals surface area contributed by atoms with Gasteiger partial charge in [-0.15, -0.1) is 22.9 Å². The van der Waals surface area contributed by atoms with Crippen LogP contribution in [0.4, 0.5) is 4.39 Å². The second kappa shape index (κ2) is 5.29. The predicted molar refractivity (Wildman–Crippen MR) is 74.4 cm³/mol. The molecule has 1 heterocycles. The molecule has 4 heteroatoms. The minimum Gasteiger partial charge on any atom is -0.494 e. The second-order valence-corrected chi connectivity index (χ2v) is 6.02. The summed E-state index contributed by atoms with van der Waals surface area (Å²) in [6, 6.07) is 6.81. The maximum Gasteiger partial charge on any atom is 0.165 e. The Labute approximate surface area is 115 Å². The molecule has 1 nitrogen and oxygen atoms in total. The molecule has 0 radical (unpaired) electrons. The number of hydrogen-bond donors (Lipinski definition) is 0. The van der Waals surface area contributed by atoms with E-state index in [0.717, 1.165) is 11.1 Å². The fourth-order valence-electron chi connectivity index (χ4n) is 1.92. The molecule has 2 aromatic rings. The van der Waals surface area contributed by atoms with Crippen molar-refractivity contribution in [3.63, 3.8) is 0 Å². The van der Waals surface area contributed by atoms with Crippen LogP contribution in [0.3, 0.4) is 0 Å². The van der Waals surface area contributed by atoms with Crippen molar-refractivity contribution >= 4 is 22.9 Å². The van der Waals surface area contributed by atoms with Gasteiger partial charge in [-0.2, -0.15) is 0 Å². The van der Waals surface area contributed by atoms with E-state index in [1.54, 1.807) is 23.5 Å². The first-order valence-corrected chi connectivity index (χ1v) is 6.82. The molecule has 1 aromatic carbocycles. The van der Waals surface area contributed by atoms with Gasteiger partial charge in [0.25, 0.3) is 0 Å². The van der Waals surface area contributed by atoms with Crippen molar-refractivity contribution in [3.8, 4) is 5.75 Å². The first-order chi connectivity index (χ1) is 8.52. The van der Waals surface area contributed by atoms with Gasteiger partial charge < -0.3 is 4.74 Å². The minimum absolute atomic E-state index is 0.225. The molecule has 0 saturated heterocycles. The molecule has 2 rings (SSSR count). The Morgan fingerprint density at radius 3 is 2.56 bits per heavy atom. The van der Waals surface area contributed by atoms with E-state index < -0.39 is 0 Å². The molecular formula is C14H14ClFOS. The summed E-state index contributed by atoms with van der Waals surface area (Å²) in [6.07, 6.45) is 0. The number of halogens is 2. The molecule has 1 unspecified atom stereocenters. The van der Waals surface area contributed by atoms with Gasteiger partial charge in [-0.25, -0.2) is 4.39 Å². The van der Waals surface area contributed by atoms with E-state index in [0.29, 0.717) is 0 Å². The number of hydrogen-bond acceptors (Lipinski definition) is 2. The highest BCUT2D eigenvalue weighted by Crippen LogP contribution is 2.36. The summed E-state index contributed by atoms with van der Waals surface area (Å²) in [5.41, 5.74) is 1.92. The molecule has 0 aliphatic rings. The quantitative estimate of drug-likeness (QED) is 0.733. The molecule has 18 heavy (non-hydrogen) atoms. The number of aryl methyl sites for hydroxylation is 2. The predicted octanol–water partition coefficient (Wildman–Crippen LogP) is 4.84. The Morgan fingerprint density at radius 1 is 1.28 bits per heavy atom. The van der Waals surface area contributed by atoms with Crippen LogP contribution in [0.1, 0.15) is 26.3 Å². The first kappa shape index (κ1) is 13.4. The van der Waals surface area contributed by atoms with Gasteiger partial charge in [0, 0.05) is 9.75 Å². The largest absolute Gasteiger partial charge is 0.494 e. The highest BCUT2D eigenvalue weighted by molar-refractivity contribution is 7.12. The van der Waals surface area contributed by atoms with E-state index in [1.807, 2.05) is 6.92 Å². The lowest BCUT2D eigenvalue weighted by atomic mass is 10.0. The smallest absolute Gasteiger partial charge is 0.165 e. The van der Waals surface area contributed by atoms with Gasteiger partial charge in [0.2, 0.25) is 0 Å². The molecule has 1 atom stereocenters. The summed E-state index contributed by atoms with van der Waals surface area (Å²) in [6.45, 7) is 4.10. The van der Waals surface area contributed by atoms with Crippen molar-refractivity contribution in [3.05, 3.63) is 51.0 Å². The molecular weight excluding hydrogens is 271 g/mol. The number of alkyl halides is 1. The fraction of sp³-hybridized carbons (Fsp3) is 0.286. The summed E-state index contributed by atoms with van der Waals surface area (Å²) in [5, 5.41) is -0.274. The van der Waals surface area contributed by atoms with E-state index in [1.165, 1.54) is 22.9 Å². The third kappa shape index (κ3) is 2.52. The van der Waals surface area contributed by atoms with Crippen molar-refractivity contribution in [1.82, 2.24) is 0 Å². The van der Waals surface area contributed by atoms with Gasteiger partial charge in [0.15, 0.2) is 11.6 Å². The fourth-order valence-corrected chi connectivity index (χ4v) is 3.31. The summed E-state index contributed by atoms with van der Waals surface area (Å²) >= 11 is 8.18. The Balaban J connectivity index is 2.39. The van der Waals surface area contributed by atoms with E-state index in [9.17, 15) is 4.39 Å². The third-order valence-electron chi connectivity index (χ3n) is 2.82. The zero-order valence-corrected chi connectivity index (χ0v) is 12.0. The molecule has 0 amide bonds. The minimum atomic E-state index is -0.372. The molecule has 0 fully saturated rings. The molecule has 0 saturated carbocycles. The normalized spacial score (nSPS) is 12.5. The lowest BCUT2D eigenvalue weighted by Crippen LogP contribution is -1.96. The molecule has 1 aromatic heterocycles. The third-order valence-corrected chi connectivity index (χ3v) is 4.29. The summed E-state index contributed by atoms with van der Waals surface area (Å²) in [7, 11) is 1.45. The van der Waals surface area contributed by atoms with Crippen molar-refractivity contribution < 1.29 is 9.13 Å². The Morgan fingerprint density at radius 2 is 2.00 bits per heavy atom. The number of ether oxygens (including phenoxy) is 1. The maximum absolute atomic E-state index is 13.4. The molecule has 0 bridgehead atoms. The van der Waals surface area contributed by atoms with Gasteiger partial charge in [-0.05, 0) is 43.2 Å². The van der Waals surface area contributed by atoms with Gasteiger partial charge in [-0.3, -0.25) is 0 Å². The lowest BCUT2D eigenvalue weighted by Gasteiger charge is -2.11. The van der Waals surface area contributed by atoms with Gasteiger partial charge in [-0.1, -0.05) is 6.07 Å². The monoisotopic (exact) mass is 284 g/mol. The van der Waals surface area contributed by atoms with E-state index in [2.05, 4.69) is 13.0 Å². The summed E-state index contributed by atoms with van der Waals surface area (Å²) in [5.74, 6) is -0.147. The first-order valence-electron chi connectivity index (χ1n) is 5.57. The Hall–Kier alpha value is -1.06. The van der Waals surface area contributed by atoms with Crippen LogP contribution in [0.5, 0.6) is 5.75 Å². The molecule has 0 aliphatic heterocycles. The maximum atomic E-state index is 13.4. The average Bonchev–Trinajstić information content (AvgIpc) is 2.68. The van der Waals surface area contributed by atoms with Crippen LogP contribution >= 0.6 is 22.9 Å². The lowest BCUT2D eigenvalue weighted by molar-refractivity contribution is 0.386. The van der Waals surface area contributed by atoms with Crippen molar-refractivity contribution in [2.75, 3.05) is 7.11 Å². The van der Waals surface area contributed by atoms with Crippen molar-refractivity contribution in [1.29, 1.82) is 0 Å². The number of methoxy groups -OCH3 is 1. The van der Waals surface area contributed by atoms with Crippen molar-refractivity contribution in [2.24, 2.45) is 0 Å². The second-order valence-electron chi connectivity index (χ2n) is 4.13. The van der Waals surface area contributed by atoms with Gasteiger partial charge >= 0.3 is 0 Å². The summed E-state index contributed by atoms with van der Waals surface area (Å²) in [4.78, 5) is 2.41. The van der Waals surface area contributed by atoms with Crippen molar-refractivity contribution in [2.45, 2.75) is 19.2 Å². The van der Waals surface area contributed by atoms with Crippen LogP contribution in [-0.4, -0.2) is 7.11 Å². The standard InChI is InChI=1S/C14H14ClFOS/c1-8-6-11(9(2)18-8)14(15)10-4-5-12(16)13(7-10)17-3/h4-7,14H,1-3H3. The van der Waals surface area contributed by atoms with Crippen LogP contribution < -0.4 is 4.74 Å². The molecule has 0 spiro atoms. The Kier molecular flexibility index (Phi) is 3.93. The average molecular weight is 285 g/mol. The number of thiophene rings is 1. The van der Waals surface area contributed by atoms with Crippen LogP contribution in [0.2, 0.25) is 0 Å². The SMILES string of the molecule is COc1cc(C(Cl)c2cc(C)sc2C)ccc1F. The number of benzene rings is 1. The van der Waals surface area contributed by atoms with E-state index in [4.69, 9.17) is 16.3 Å². The van der Waals surface area contributed by atoms with Gasteiger partial charge in [0.05, 0.1) is 12.5 Å². The van der Waals surface area contributed by atoms with Crippen LogP contribution in [0.25, 0.3) is 0 Å².